The van der Waals surface area contributed by atoms with E-state index in [0.29, 0.717) is 0 Å². The fourth-order valence-electron chi connectivity index (χ4n) is 1.20. The molecular weight excluding hydrogens is 240 g/mol. The zero-order valence-electron chi connectivity index (χ0n) is 8.52. The van der Waals surface area contributed by atoms with Gasteiger partial charge in [-0.2, -0.15) is 0 Å². The molecule has 0 aromatic heterocycles. The molecule has 3 N–H and O–H groups in total. The minimum Gasteiger partial charge on any atom is -0.385 e. The number of nitrogens with one attached hydrogen (secondary N) is 1. The fourth-order valence-corrected chi connectivity index (χ4v) is 1.58. The first-order valence-corrected chi connectivity index (χ1v) is 5.73. The third kappa shape index (κ3) is 3.68. The molecule has 0 atom stereocenters. The van der Waals surface area contributed by atoms with Crippen molar-refractivity contribution in [1.29, 1.82) is 0 Å². The molecule has 14 heavy (non-hydrogen) atoms. The molecule has 0 aliphatic heterocycles. The number of hydrogen-bond donors (Lipinski definition) is 2. The van der Waals surface area contributed by atoms with Gasteiger partial charge in [0.05, 0.1) is 0 Å². The molecule has 0 saturated carbocycles. The first-order valence-electron chi connectivity index (χ1n) is 4.94. The average Bonchev–Trinajstić information content (AvgIpc) is 2.18. The normalized spacial score (nSPS) is 10.2. The number of hydrogen-bond acceptors (Lipinski definition) is 2. The van der Waals surface area contributed by atoms with Crippen LogP contribution >= 0.6 is 15.9 Å². The second kappa shape index (κ2) is 6.04. The Labute approximate surface area is 94.0 Å². The highest BCUT2D eigenvalue weighted by Gasteiger charge is 1.96. The summed E-state index contributed by atoms with van der Waals surface area (Å²) in [6.07, 6.45) is 2.21. The first-order chi connectivity index (χ1) is 6.74. The van der Waals surface area contributed by atoms with Gasteiger partial charge in [0.25, 0.3) is 0 Å². The molecule has 2 nitrogen and oxygen atoms in total. The maximum absolute atomic E-state index is 5.42. The molecule has 1 rings (SSSR count). The lowest BCUT2D eigenvalue weighted by atomic mass is 10.2. The number of halogens is 1. The molecule has 1 aromatic rings. The minimum absolute atomic E-state index is 0.777. The number of unbranched alkanes of at least 4 members (excludes halogenated alkanes) is 1. The summed E-state index contributed by atoms with van der Waals surface area (Å²) in [4.78, 5) is 0. The van der Waals surface area contributed by atoms with Crippen LogP contribution in [0.25, 0.3) is 0 Å². The van der Waals surface area contributed by atoms with Gasteiger partial charge in [-0.3, -0.25) is 0 Å². The Kier molecular flexibility index (Phi) is 4.98. The topological polar surface area (TPSA) is 38.0 Å². The van der Waals surface area contributed by atoms with Crippen LogP contribution in [0.15, 0.2) is 22.7 Å². The van der Waals surface area contributed by atoms with Crippen LogP contribution in [0.5, 0.6) is 0 Å². The molecule has 0 bridgehead atoms. The van der Waals surface area contributed by atoms with E-state index in [-0.39, 0.29) is 0 Å². The molecule has 0 heterocycles. The van der Waals surface area contributed by atoms with Gasteiger partial charge < -0.3 is 11.1 Å². The van der Waals surface area contributed by atoms with Gasteiger partial charge in [-0.25, -0.2) is 0 Å². The SMILES string of the molecule is Cc1ccc(NCCCCN)cc1Br. The van der Waals surface area contributed by atoms with Crippen molar-refractivity contribution in [2.45, 2.75) is 19.8 Å². The summed E-state index contributed by atoms with van der Waals surface area (Å²) < 4.78 is 1.15. The van der Waals surface area contributed by atoms with Crippen molar-refractivity contribution in [3.63, 3.8) is 0 Å². The number of aryl methyl sites for hydroxylation is 1. The van der Waals surface area contributed by atoms with Gasteiger partial charge in [-0.15, -0.1) is 0 Å². The van der Waals surface area contributed by atoms with Gasteiger partial charge >= 0.3 is 0 Å². The van der Waals surface area contributed by atoms with Crippen LogP contribution in [0.2, 0.25) is 0 Å². The fraction of sp³-hybridized carbons (Fsp3) is 0.455. The molecule has 0 amide bonds. The second-order valence-corrected chi connectivity index (χ2v) is 4.24. The molecule has 0 aliphatic rings. The van der Waals surface area contributed by atoms with Crippen LogP contribution in [-0.4, -0.2) is 13.1 Å². The van der Waals surface area contributed by atoms with Crippen molar-refractivity contribution < 1.29 is 0 Å². The molecular formula is C11H17BrN2. The van der Waals surface area contributed by atoms with Gasteiger partial charge in [0.2, 0.25) is 0 Å². The lowest BCUT2D eigenvalue weighted by Gasteiger charge is -2.07. The number of anilines is 1. The molecule has 0 fully saturated rings. The summed E-state index contributed by atoms with van der Waals surface area (Å²) in [6.45, 7) is 3.86. The number of benzene rings is 1. The van der Waals surface area contributed by atoms with E-state index in [0.717, 1.165) is 30.4 Å². The molecule has 0 saturated heterocycles. The maximum Gasteiger partial charge on any atom is 0.0351 e. The van der Waals surface area contributed by atoms with E-state index in [9.17, 15) is 0 Å². The van der Waals surface area contributed by atoms with Crippen LogP contribution in [0, 0.1) is 6.92 Å². The van der Waals surface area contributed by atoms with E-state index in [2.05, 4.69) is 46.4 Å². The predicted molar refractivity (Wildman–Crippen MR) is 65.7 cm³/mol. The third-order valence-electron chi connectivity index (χ3n) is 2.13. The highest BCUT2D eigenvalue weighted by atomic mass is 79.9. The Morgan fingerprint density at radius 2 is 2.14 bits per heavy atom. The summed E-state index contributed by atoms with van der Waals surface area (Å²) >= 11 is 3.51. The van der Waals surface area contributed by atoms with E-state index in [4.69, 9.17) is 5.73 Å². The quantitative estimate of drug-likeness (QED) is 0.796. The van der Waals surface area contributed by atoms with Crippen molar-refractivity contribution in [3.8, 4) is 0 Å². The predicted octanol–water partition coefficient (Wildman–Crippen LogP) is 2.91. The second-order valence-electron chi connectivity index (χ2n) is 3.39. The van der Waals surface area contributed by atoms with Crippen LogP contribution < -0.4 is 11.1 Å². The smallest absolute Gasteiger partial charge is 0.0351 e. The Hall–Kier alpha value is -0.540. The molecule has 0 radical (unpaired) electrons. The third-order valence-corrected chi connectivity index (χ3v) is 2.99. The van der Waals surface area contributed by atoms with Gasteiger partial charge in [0.1, 0.15) is 0 Å². The summed E-state index contributed by atoms with van der Waals surface area (Å²) in [5.41, 5.74) is 7.84. The molecule has 0 unspecified atom stereocenters. The minimum atomic E-state index is 0.777. The molecule has 0 spiro atoms. The molecule has 78 valence electrons. The summed E-state index contributed by atoms with van der Waals surface area (Å²) in [5.74, 6) is 0. The zero-order valence-corrected chi connectivity index (χ0v) is 10.1. The Morgan fingerprint density at radius 1 is 1.36 bits per heavy atom. The molecule has 3 heteroatoms. The van der Waals surface area contributed by atoms with Gasteiger partial charge in [0, 0.05) is 16.7 Å². The van der Waals surface area contributed by atoms with Crippen LogP contribution in [0.3, 0.4) is 0 Å². The van der Waals surface area contributed by atoms with Crippen molar-refractivity contribution in [1.82, 2.24) is 0 Å². The molecule has 0 aliphatic carbocycles. The lowest BCUT2D eigenvalue weighted by molar-refractivity contribution is 0.774. The van der Waals surface area contributed by atoms with Gasteiger partial charge in [-0.05, 0) is 44.0 Å². The van der Waals surface area contributed by atoms with Gasteiger partial charge in [0.15, 0.2) is 0 Å². The van der Waals surface area contributed by atoms with Crippen molar-refractivity contribution in [3.05, 3.63) is 28.2 Å². The van der Waals surface area contributed by atoms with Crippen molar-refractivity contribution in [2.24, 2.45) is 5.73 Å². The highest BCUT2D eigenvalue weighted by Crippen LogP contribution is 2.20. The van der Waals surface area contributed by atoms with E-state index in [1.807, 2.05) is 0 Å². The first kappa shape index (κ1) is 11.5. The summed E-state index contributed by atoms with van der Waals surface area (Å²) in [5, 5.41) is 3.36. The molecule has 1 aromatic carbocycles. The van der Waals surface area contributed by atoms with Crippen LogP contribution in [-0.2, 0) is 0 Å². The van der Waals surface area contributed by atoms with Crippen LogP contribution in [0.1, 0.15) is 18.4 Å². The summed E-state index contributed by atoms with van der Waals surface area (Å²) in [7, 11) is 0. The summed E-state index contributed by atoms with van der Waals surface area (Å²) in [6, 6.07) is 6.32. The zero-order chi connectivity index (χ0) is 10.4. The van der Waals surface area contributed by atoms with E-state index in [1.54, 1.807) is 0 Å². The average molecular weight is 257 g/mol. The Morgan fingerprint density at radius 3 is 2.79 bits per heavy atom. The van der Waals surface area contributed by atoms with E-state index >= 15 is 0 Å². The highest BCUT2D eigenvalue weighted by molar-refractivity contribution is 9.10. The Bertz CT molecular complexity index is 287. The number of nitrogens with two attached hydrogens (primary N) is 1. The standard InChI is InChI=1S/C11H17BrN2/c1-9-4-5-10(8-11(9)12)14-7-3-2-6-13/h4-5,8,14H,2-3,6-7,13H2,1H3. The van der Waals surface area contributed by atoms with Crippen LogP contribution in [0.4, 0.5) is 5.69 Å². The van der Waals surface area contributed by atoms with E-state index in [1.165, 1.54) is 11.3 Å². The van der Waals surface area contributed by atoms with E-state index < -0.39 is 0 Å². The lowest BCUT2D eigenvalue weighted by Crippen LogP contribution is -2.05. The Balaban J connectivity index is 2.39. The maximum atomic E-state index is 5.42. The van der Waals surface area contributed by atoms with Crippen molar-refractivity contribution in [2.75, 3.05) is 18.4 Å². The largest absolute Gasteiger partial charge is 0.385 e. The number of rotatable bonds is 5. The van der Waals surface area contributed by atoms with Gasteiger partial charge in [-0.1, -0.05) is 22.0 Å². The monoisotopic (exact) mass is 256 g/mol. The van der Waals surface area contributed by atoms with Crippen molar-refractivity contribution >= 4 is 21.6 Å².